The normalized spacial score (nSPS) is 26.2. The van der Waals surface area contributed by atoms with Crippen molar-refractivity contribution in [2.45, 2.75) is 25.7 Å². The number of nitrogens with two attached hydrogens (primary N) is 1. The van der Waals surface area contributed by atoms with Gasteiger partial charge in [-0.25, -0.2) is 0 Å². The summed E-state index contributed by atoms with van der Waals surface area (Å²) in [5, 5.41) is 0. The predicted octanol–water partition coefficient (Wildman–Crippen LogP) is 0.999. The van der Waals surface area contributed by atoms with Crippen LogP contribution >= 0.6 is 0 Å². The molecule has 0 atom stereocenters. The van der Waals surface area contributed by atoms with Gasteiger partial charge in [0.2, 0.25) is 0 Å². The first kappa shape index (κ1) is 12.3. The van der Waals surface area contributed by atoms with Gasteiger partial charge in [-0.15, -0.1) is 0 Å². The lowest BCUT2D eigenvalue weighted by Gasteiger charge is -2.32. The summed E-state index contributed by atoms with van der Waals surface area (Å²) >= 11 is 0. The monoisotopic (exact) mass is 225 g/mol. The van der Waals surface area contributed by atoms with Crippen molar-refractivity contribution in [3.63, 3.8) is 0 Å². The average molecular weight is 225 g/mol. The first-order valence-electron chi connectivity index (χ1n) is 6.71. The van der Waals surface area contributed by atoms with Gasteiger partial charge in [-0.3, -0.25) is 0 Å². The van der Waals surface area contributed by atoms with E-state index in [0.717, 1.165) is 12.5 Å². The van der Waals surface area contributed by atoms with Crippen LogP contribution < -0.4 is 5.73 Å². The minimum atomic E-state index is 0.500. The second kappa shape index (κ2) is 5.03. The molecule has 1 aliphatic carbocycles. The molecule has 0 amide bonds. The standard InChI is InChI=1S/C13H27N3/c1-15-7-3-12(4-8-15)9-16(2)11-13(10-14)5-6-13/h12H,3-11,14H2,1-2H3. The van der Waals surface area contributed by atoms with Gasteiger partial charge in [0.25, 0.3) is 0 Å². The maximum Gasteiger partial charge on any atom is 0.00471 e. The van der Waals surface area contributed by atoms with Crippen LogP contribution in [-0.2, 0) is 0 Å². The molecule has 0 radical (unpaired) electrons. The van der Waals surface area contributed by atoms with E-state index in [1.165, 1.54) is 51.9 Å². The van der Waals surface area contributed by atoms with Gasteiger partial charge in [-0.1, -0.05) is 0 Å². The molecular weight excluding hydrogens is 198 g/mol. The molecule has 0 spiro atoms. The Morgan fingerprint density at radius 3 is 2.44 bits per heavy atom. The number of hydrogen-bond donors (Lipinski definition) is 1. The average Bonchev–Trinajstić information content (AvgIpc) is 3.02. The molecule has 1 saturated carbocycles. The molecule has 1 aliphatic heterocycles. The number of piperidine rings is 1. The van der Waals surface area contributed by atoms with E-state index in [1.54, 1.807) is 0 Å². The molecule has 3 heteroatoms. The quantitative estimate of drug-likeness (QED) is 0.757. The fraction of sp³-hybridized carbons (Fsp3) is 1.00. The van der Waals surface area contributed by atoms with Crippen molar-refractivity contribution < 1.29 is 0 Å². The highest BCUT2D eigenvalue weighted by Crippen LogP contribution is 2.45. The Hall–Kier alpha value is -0.120. The summed E-state index contributed by atoms with van der Waals surface area (Å²) in [4.78, 5) is 4.97. The van der Waals surface area contributed by atoms with Crippen molar-refractivity contribution in [2.24, 2.45) is 17.1 Å². The predicted molar refractivity (Wildman–Crippen MR) is 68.4 cm³/mol. The topological polar surface area (TPSA) is 32.5 Å². The van der Waals surface area contributed by atoms with E-state index in [2.05, 4.69) is 23.9 Å². The third-order valence-corrected chi connectivity index (χ3v) is 4.40. The second-order valence-corrected chi connectivity index (χ2v) is 6.15. The molecule has 16 heavy (non-hydrogen) atoms. The highest BCUT2D eigenvalue weighted by atomic mass is 15.1. The second-order valence-electron chi connectivity index (χ2n) is 6.15. The zero-order valence-corrected chi connectivity index (χ0v) is 10.9. The fourth-order valence-electron chi connectivity index (χ4n) is 2.93. The highest BCUT2D eigenvalue weighted by Gasteiger charge is 2.41. The van der Waals surface area contributed by atoms with Crippen LogP contribution in [-0.4, -0.2) is 56.6 Å². The molecule has 2 rings (SSSR count). The Morgan fingerprint density at radius 2 is 1.94 bits per heavy atom. The van der Waals surface area contributed by atoms with Crippen molar-refractivity contribution >= 4 is 0 Å². The summed E-state index contributed by atoms with van der Waals surface area (Å²) in [5.41, 5.74) is 6.34. The molecule has 94 valence electrons. The molecular formula is C13H27N3. The van der Waals surface area contributed by atoms with E-state index in [-0.39, 0.29) is 0 Å². The maximum absolute atomic E-state index is 5.84. The van der Waals surface area contributed by atoms with Crippen LogP contribution in [0.15, 0.2) is 0 Å². The van der Waals surface area contributed by atoms with Gasteiger partial charge in [0, 0.05) is 13.1 Å². The summed E-state index contributed by atoms with van der Waals surface area (Å²) in [7, 11) is 4.50. The van der Waals surface area contributed by atoms with Crippen LogP contribution in [0.2, 0.25) is 0 Å². The summed E-state index contributed by atoms with van der Waals surface area (Å²) in [6, 6.07) is 0. The van der Waals surface area contributed by atoms with Crippen molar-refractivity contribution in [3.05, 3.63) is 0 Å². The molecule has 0 aromatic rings. The van der Waals surface area contributed by atoms with Crippen LogP contribution in [0.5, 0.6) is 0 Å². The first-order chi connectivity index (χ1) is 7.63. The maximum atomic E-state index is 5.84. The van der Waals surface area contributed by atoms with Crippen LogP contribution in [0, 0.1) is 11.3 Å². The molecule has 1 heterocycles. The summed E-state index contributed by atoms with van der Waals surface area (Å²) < 4.78 is 0. The molecule has 0 aromatic heterocycles. The van der Waals surface area contributed by atoms with Gasteiger partial charge in [0.15, 0.2) is 0 Å². The zero-order chi connectivity index (χ0) is 11.6. The fourth-order valence-corrected chi connectivity index (χ4v) is 2.93. The third-order valence-electron chi connectivity index (χ3n) is 4.40. The first-order valence-corrected chi connectivity index (χ1v) is 6.71. The third kappa shape index (κ3) is 3.19. The molecule has 0 unspecified atom stereocenters. The molecule has 2 N–H and O–H groups in total. The number of hydrogen-bond acceptors (Lipinski definition) is 3. The lowest BCUT2D eigenvalue weighted by molar-refractivity contribution is 0.162. The van der Waals surface area contributed by atoms with Gasteiger partial charge in [-0.2, -0.15) is 0 Å². The molecule has 0 aromatic carbocycles. The highest BCUT2D eigenvalue weighted by molar-refractivity contribution is 4.96. The Kier molecular flexibility index (Phi) is 3.88. The molecule has 3 nitrogen and oxygen atoms in total. The lowest BCUT2D eigenvalue weighted by atomic mass is 9.96. The van der Waals surface area contributed by atoms with E-state index < -0.39 is 0 Å². The SMILES string of the molecule is CN1CCC(CN(C)CC2(CN)CC2)CC1. The van der Waals surface area contributed by atoms with E-state index >= 15 is 0 Å². The van der Waals surface area contributed by atoms with E-state index in [4.69, 9.17) is 5.73 Å². The van der Waals surface area contributed by atoms with Gasteiger partial charge in [0.05, 0.1) is 0 Å². The largest absolute Gasteiger partial charge is 0.330 e. The summed E-state index contributed by atoms with van der Waals surface area (Å²) in [5.74, 6) is 0.912. The van der Waals surface area contributed by atoms with E-state index in [1.807, 2.05) is 0 Å². The number of rotatable bonds is 5. The van der Waals surface area contributed by atoms with Crippen LogP contribution in [0.3, 0.4) is 0 Å². The smallest absolute Gasteiger partial charge is 0.00471 e. The van der Waals surface area contributed by atoms with Crippen LogP contribution in [0.25, 0.3) is 0 Å². The molecule has 2 fully saturated rings. The summed E-state index contributed by atoms with van der Waals surface area (Å²) in [6.07, 6.45) is 5.44. The zero-order valence-electron chi connectivity index (χ0n) is 10.9. The Balaban J connectivity index is 1.69. The van der Waals surface area contributed by atoms with Crippen molar-refractivity contribution in [2.75, 3.05) is 46.8 Å². The van der Waals surface area contributed by atoms with Crippen LogP contribution in [0.1, 0.15) is 25.7 Å². The Labute approximate surface area is 100.0 Å². The van der Waals surface area contributed by atoms with Crippen molar-refractivity contribution in [1.29, 1.82) is 0 Å². The van der Waals surface area contributed by atoms with Gasteiger partial charge >= 0.3 is 0 Å². The number of nitrogens with zero attached hydrogens (tertiary/aromatic N) is 2. The van der Waals surface area contributed by atoms with E-state index in [0.29, 0.717) is 5.41 Å². The number of likely N-dealkylation sites (tertiary alicyclic amines) is 1. The molecule has 2 aliphatic rings. The van der Waals surface area contributed by atoms with Gasteiger partial charge < -0.3 is 15.5 Å². The Morgan fingerprint density at radius 1 is 1.31 bits per heavy atom. The van der Waals surface area contributed by atoms with Crippen molar-refractivity contribution in [1.82, 2.24) is 9.80 Å². The van der Waals surface area contributed by atoms with Gasteiger partial charge in [-0.05, 0) is 70.7 Å². The minimum absolute atomic E-state index is 0.500. The minimum Gasteiger partial charge on any atom is -0.330 e. The molecule has 1 saturated heterocycles. The summed E-state index contributed by atoms with van der Waals surface area (Å²) in [6.45, 7) is 5.93. The Bertz CT molecular complexity index is 217. The van der Waals surface area contributed by atoms with Crippen molar-refractivity contribution in [3.8, 4) is 0 Å². The van der Waals surface area contributed by atoms with E-state index in [9.17, 15) is 0 Å². The van der Waals surface area contributed by atoms with Gasteiger partial charge in [0.1, 0.15) is 0 Å². The molecule has 0 bridgehead atoms. The lowest BCUT2D eigenvalue weighted by Crippen LogP contribution is -2.38. The van der Waals surface area contributed by atoms with Crippen LogP contribution in [0.4, 0.5) is 0 Å².